The van der Waals surface area contributed by atoms with E-state index in [-0.39, 0.29) is 23.3 Å². The molecule has 5 nitrogen and oxygen atoms in total. The van der Waals surface area contributed by atoms with Gasteiger partial charge in [-0.2, -0.15) is 0 Å². The molecule has 0 atom stereocenters. The molecule has 0 unspecified atom stereocenters. The maximum Gasteiger partial charge on any atom is 0.257 e. The van der Waals surface area contributed by atoms with E-state index in [1.165, 1.54) is 18.3 Å². The van der Waals surface area contributed by atoms with E-state index in [4.69, 9.17) is 11.6 Å². The normalized spacial score (nSPS) is 10.5. The molecule has 0 aliphatic carbocycles. The summed E-state index contributed by atoms with van der Waals surface area (Å²) in [4.78, 5) is 23.5. The minimum atomic E-state index is -0.501. The van der Waals surface area contributed by atoms with Crippen molar-refractivity contribution in [2.24, 2.45) is 0 Å². The summed E-state index contributed by atoms with van der Waals surface area (Å²) in [6, 6.07) is 8.06. The molecule has 0 bridgehead atoms. The first-order valence-electron chi connectivity index (χ1n) is 8.72. The summed E-state index contributed by atoms with van der Waals surface area (Å²) in [5, 5.41) is 3.92. The van der Waals surface area contributed by atoms with Gasteiger partial charge >= 0.3 is 0 Å². The van der Waals surface area contributed by atoms with E-state index in [9.17, 15) is 9.18 Å². The quantitative estimate of drug-likeness (QED) is 0.599. The number of aromatic nitrogens is 2. The zero-order valence-electron chi connectivity index (χ0n) is 15.8. The van der Waals surface area contributed by atoms with Gasteiger partial charge in [-0.15, -0.1) is 12.4 Å². The molecule has 8 heteroatoms. The van der Waals surface area contributed by atoms with Crippen LogP contribution in [0.4, 0.5) is 15.8 Å². The second-order valence-electron chi connectivity index (χ2n) is 6.10. The number of anilines is 2. The first-order chi connectivity index (χ1) is 12.9. The molecule has 3 rings (SSSR count). The first-order valence-corrected chi connectivity index (χ1v) is 9.10. The lowest BCUT2D eigenvalue weighted by Crippen LogP contribution is -2.31. The molecule has 0 aliphatic rings. The SMILES string of the molecule is CCN(CC)C(=O)c1cnc2nc(C)ccc2c1Nc1ccc(F)c(Cl)c1.Cl. The molecule has 0 aliphatic heterocycles. The molecule has 0 saturated carbocycles. The monoisotopic (exact) mass is 422 g/mol. The Labute approximate surface area is 174 Å². The van der Waals surface area contributed by atoms with Crippen LogP contribution < -0.4 is 5.32 Å². The van der Waals surface area contributed by atoms with Crippen molar-refractivity contribution in [3.63, 3.8) is 0 Å². The Hall–Kier alpha value is -2.44. The summed E-state index contributed by atoms with van der Waals surface area (Å²) < 4.78 is 13.5. The van der Waals surface area contributed by atoms with E-state index in [0.29, 0.717) is 41.1 Å². The van der Waals surface area contributed by atoms with E-state index in [2.05, 4.69) is 15.3 Å². The van der Waals surface area contributed by atoms with Crippen LogP contribution in [0.15, 0.2) is 36.5 Å². The van der Waals surface area contributed by atoms with E-state index in [1.54, 1.807) is 11.0 Å². The van der Waals surface area contributed by atoms with Crippen LogP contribution >= 0.6 is 24.0 Å². The fourth-order valence-electron chi connectivity index (χ4n) is 2.87. The van der Waals surface area contributed by atoms with Crippen molar-refractivity contribution in [2.45, 2.75) is 20.8 Å². The summed E-state index contributed by atoms with van der Waals surface area (Å²) in [5.41, 5.74) is 2.93. The standard InChI is InChI=1S/C20H20ClFN4O.ClH/c1-4-26(5-2)20(27)15-11-23-19-14(8-6-12(3)24-19)18(15)25-13-7-9-17(22)16(21)10-13;/h6-11H,4-5H2,1-3H3,(H,23,24,25);1H. The molecule has 3 aromatic rings. The van der Waals surface area contributed by atoms with Gasteiger partial charge in [0.1, 0.15) is 5.82 Å². The fourth-order valence-corrected chi connectivity index (χ4v) is 3.05. The molecular formula is C20H21Cl2FN4O. The molecule has 2 aromatic heterocycles. The molecule has 1 aromatic carbocycles. The lowest BCUT2D eigenvalue weighted by atomic mass is 10.1. The lowest BCUT2D eigenvalue weighted by Gasteiger charge is -2.21. The van der Waals surface area contributed by atoms with Crippen LogP contribution in [0.25, 0.3) is 11.0 Å². The number of pyridine rings is 2. The van der Waals surface area contributed by atoms with Crippen LogP contribution in [-0.2, 0) is 0 Å². The zero-order valence-corrected chi connectivity index (χ0v) is 17.4. The van der Waals surface area contributed by atoms with Crippen LogP contribution in [-0.4, -0.2) is 33.9 Å². The number of nitrogens with zero attached hydrogens (tertiary/aromatic N) is 3. The first kappa shape index (κ1) is 21.9. The maximum atomic E-state index is 13.5. The maximum absolute atomic E-state index is 13.5. The fraction of sp³-hybridized carbons (Fsp3) is 0.250. The van der Waals surface area contributed by atoms with Gasteiger partial charge in [0.2, 0.25) is 0 Å². The average molecular weight is 423 g/mol. The number of carbonyl (C=O) groups is 1. The predicted molar refractivity (Wildman–Crippen MR) is 113 cm³/mol. The van der Waals surface area contributed by atoms with Crippen LogP contribution in [0, 0.1) is 12.7 Å². The summed E-state index contributed by atoms with van der Waals surface area (Å²) in [7, 11) is 0. The molecule has 28 heavy (non-hydrogen) atoms. The van der Waals surface area contributed by atoms with Gasteiger partial charge in [-0.25, -0.2) is 14.4 Å². The van der Waals surface area contributed by atoms with Crippen molar-refractivity contribution in [2.75, 3.05) is 18.4 Å². The summed E-state index contributed by atoms with van der Waals surface area (Å²) in [5.74, 6) is -0.635. The number of hydrogen-bond acceptors (Lipinski definition) is 4. The second-order valence-corrected chi connectivity index (χ2v) is 6.51. The highest BCUT2D eigenvalue weighted by Crippen LogP contribution is 2.31. The Balaban J connectivity index is 0.00000280. The molecule has 0 fully saturated rings. The third-order valence-corrected chi connectivity index (χ3v) is 4.63. The van der Waals surface area contributed by atoms with Crippen LogP contribution in [0.5, 0.6) is 0 Å². The number of nitrogens with one attached hydrogen (secondary N) is 1. The predicted octanol–water partition coefficient (Wildman–Crippen LogP) is 5.38. The van der Waals surface area contributed by atoms with Gasteiger partial charge in [0, 0.05) is 36.1 Å². The number of rotatable bonds is 5. The lowest BCUT2D eigenvalue weighted by molar-refractivity contribution is 0.0774. The number of aryl methyl sites for hydroxylation is 1. The number of carbonyl (C=O) groups excluding carboxylic acids is 1. The van der Waals surface area contributed by atoms with Crippen LogP contribution in [0.2, 0.25) is 5.02 Å². The Morgan fingerprint density at radius 3 is 2.57 bits per heavy atom. The summed E-state index contributed by atoms with van der Waals surface area (Å²) in [6.45, 7) is 6.90. The van der Waals surface area contributed by atoms with Gasteiger partial charge in [-0.1, -0.05) is 11.6 Å². The van der Waals surface area contributed by atoms with Crippen molar-refractivity contribution < 1.29 is 9.18 Å². The van der Waals surface area contributed by atoms with E-state index < -0.39 is 5.82 Å². The highest BCUT2D eigenvalue weighted by molar-refractivity contribution is 6.31. The van der Waals surface area contributed by atoms with Gasteiger partial charge < -0.3 is 10.2 Å². The molecule has 148 valence electrons. The van der Waals surface area contributed by atoms with Crippen molar-refractivity contribution in [1.82, 2.24) is 14.9 Å². The molecule has 2 heterocycles. The molecule has 0 saturated heterocycles. The van der Waals surface area contributed by atoms with Crippen molar-refractivity contribution >= 4 is 52.3 Å². The van der Waals surface area contributed by atoms with E-state index >= 15 is 0 Å². The molecule has 0 spiro atoms. The number of benzene rings is 1. The molecular weight excluding hydrogens is 402 g/mol. The Morgan fingerprint density at radius 2 is 1.93 bits per heavy atom. The number of amides is 1. The van der Waals surface area contributed by atoms with Crippen LogP contribution in [0.1, 0.15) is 29.9 Å². The molecule has 1 N–H and O–H groups in total. The van der Waals surface area contributed by atoms with Crippen LogP contribution in [0.3, 0.4) is 0 Å². The van der Waals surface area contributed by atoms with Gasteiger partial charge in [0.15, 0.2) is 5.65 Å². The number of fused-ring (bicyclic) bond motifs is 1. The van der Waals surface area contributed by atoms with Gasteiger partial charge in [-0.05, 0) is 51.1 Å². The van der Waals surface area contributed by atoms with Gasteiger partial charge in [-0.3, -0.25) is 4.79 Å². The Bertz CT molecular complexity index is 1010. The third-order valence-electron chi connectivity index (χ3n) is 4.34. The summed E-state index contributed by atoms with van der Waals surface area (Å²) in [6.07, 6.45) is 1.53. The minimum Gasteiger partial charge on any atom is -0.354 e. The highest BCUT2D eigenvalue weighted by atomic mass is 35.5. The van der Waals surface area contributed by atoms with Crippen molar-refractivity contribution in [1.29, 1.82) is 0 Å². The smallest absolute Gasteiger partial charge is 0.257 e. The largest absolute Gasteiger partial charge is 0.354 e. The second kappa shape index (κ2) is 9.17. The third kappa shape index (κ3) is 4.34. The van der Waals surface area contributed by atoms with E-state index in [0.717, 1.165) is 5.69 Å². The zero-order chi connectivity index (χ0) is 19.6. The molecule has 0 radical (unpaired) electrons. The topological polar surface area (TPSA) is 58.1 Å². The highest BCUT2D eigenvalue weighted by Gasteiger charge is 2.20. The van der Waals surface area contributed by atoms with Crippen molar-refractivity contribution in [3.8, 4) is 0 Å². The van der Waals surface area contributed by atoms with Crippen molar-refractivity contribution in [3.05, 3.63) is 58.6 Å². The average Bonchev–Trinajstić information content (AvgIpc) is 2.65. The van der Waals surface area contributed by atoms with E-state index in [1.807, 2.05) is 32.9 Å². The summed E-state index contributed by atoms with van der Waals surface area (Å²) >= 11 is 5.90. The van der Waals surface area contributed by atoms with Gasteiger partial charge in [0.25, 0.3) is 5.91 Å². The number of hydrogen-bond donors (Lipinski definition) is 1. The Morgan fingerprint density at radius 1 is 1.21 bits per heavy atom. The minimum absolute atomic E-state index is 0. The van der Waals surface area contributed by atoms with Gasteiger partial charge in [0.05, 0.1) is 16.3 Å². The Kier molecular flexibility index (Phi) is 7.16. The number of halogens is 3. The molecule has 1 amide bonds.